The number of rotatable bonds is 0. The van der Waals surface area contributed by atoms with Crippen LogP contribution in [0.2, 0.25) is 0 Å². The van der Waals surface area contributed by atoms with Crippen LogP contribution in [-0.2, 0) is 0 Å². The fourth-order valence-electron chi connectivity index (χ4n) is 7.64. The first-order valence-corrected chi connectivity index (χ1v) is 9.07. The summed E-state index contributed by atoms with van der Waals surface area (Å²) in [7, 11) is 0. The summed E-state index contributed by atoms with van der Waals surface area (Å²) in [6, 6.07) is 0. The Balaban J connectivity index is 1.79. The van der Waals surface area contributed by atoms with Gasteiger partial charge in [0, 0.05) is 0 Å². The molecule has 4 aliphatic carbocycles. The largest absolute Gasteiger partial charge is 0.0996 e. The standard InChI is InChI=1S/C20H32/c1-14-8-11-20-13-15(14)12-16(20)6-7-17-18(2,3)9-5-10-19(17,20)4/h15-17H,1,5-13H2,2-4H3/t15-,16-,17-,19-,20-/m0/s1. The molecule has 5 atom stereocenters. The lowest BCUT2D eigenvalue weighted by atomic mass is 9.40. The van der Waals surface area contributed by atoms with Crippen LogP contribution in [0.1, 0.15) is 78.6 Å². The average Bonchev–Trinajstić information content (AvgIpc) is 2.70. The van der Waals surface area contributed by atoms with Crippen molar-refractivity contribution in [3.8, 4) is 0 Å². The summed E-state index contributed by atoms with van der Waals surface area (Å²) in [5.41, 5.74) is 3.51. The maximum absolute atomic E-state index is 4.40. The van der Waals surface area contributed by atoms with Gasteiger partial charge in [-0.25, -0.2) is 0 Å². The van der Waals surface area contributed by atoms with Crippen molar-refractivity contribution >= 4 is 0 Å². The molecular formula is C20H32. The highest BCUT2D eigenvalue weighted by atomic mass is 14.7. The molecule has 0 heteroatoms. The van der Waals surface area contributed by atoms with Crippen LogP contribution in [0, 0.1) is 34.0 Å². The smallest absolute Gasteiger partial charge is 0.0197 e. The van der Waals surface area contributed by atoms with Crippen molar-refractivity contribution in [3.63, 3.8) is 0 Å². The molecule has 0 aromatic carbocycles. The summed E-state index contributed by atoms with van der Waals surface area (Å²) in [6.45, 7) is 12.3. The van der Waals surface area contributed by atoms with Crippen LogP contribution in [0.5, 0.6) is 0 Å². The molecule has 2 bridgehead atoms. The van der Waals surface area contributed by atoms with Gasteiger partial charge in [0.1, 0.15) is 0 Å². The molecule has 0 N–H and O–H groups in total. The van der Waals surface area contributed by atoms with Gasteiger partial charge in [-0.2, -0.15) is 0 Å². The van der Waals surface area contributed by atoms with E-state index in [-0.39, 0.29) is 0 Å². The van der Waals surface area contributed by atoms with Crippen molar-refractivity contribution in [1.29, 1.82) is 0 Å². The minimum atomic E-state index is 0.583. The SMILES string of the molecule is C=C1CC[C@]23C[C@@H]1C[C@@H]2CC[C@H]1C(C)(C)CCC[C@@]13C. The van der Waals surface area contributed by atoms with Gasteiger partial charge in [0.05, 0.1) is 0 Å². The number of hydrogen-bond acceptors (Lipinski definition) is 0. The van der Waals surface area contributed by atoms with Crippen LogP contribution in [0.4, 0.5) is 0 Å². The molecule has 0 heterocycles. The van der Waals surface area contributed by atoms with Gasteiger partial charge in [0.2, 0.25) is 0 Å². The summed E-state index contributed by atoms with van der Waals surface area (Å²) in [5.74, 6) is 2.89. The maximum Gasteiger partial charge on any atom is -0.0197 e. The molecule has 0 saturated heterocycles. The first-order chi connectivity index (χ1) is 9.39. The molecule has 4 aliphatic rings. The Hall–Kier alpha value is -0.260. The van der Waals surface area contributed by atoms with Crippen molar-refractivity contribution in [2.45, 2.75) is 78.6 Å². The lowest BCUT2D eigenvalue weighted by Gasteiger charge is -2.65. The normalized spacial score (nSPS) is 53.4. The first kappa shape index (κ1) is 13.4. The van der Waals surface area contributed by atoms with Crippen LogP contribution in [0.3, 0.4) is 0 Å². The summed E-state index contributed by atoms with van der Waals surface area (Å²) < 4.78 is 0. The van der Waals surface area contributed by atoms with Gasteiger partial charge >= 0.3 is 0 Å². The van der Waals surface area contributed by atoms with E-state index in [1.807, 2.05) is 0 Å². The Morgan fingerprint density at radius 1 is 1.05 bits per heavy atom. The van der Waals surface area contributed by atoms with E-state index in [0.29, 0.717) is 16.2 Å². The fourth-order valence-corrected chi connectivity index (χ4v) is 7.64. The molecular weight excluding hydrogens is 240 g/mol. The molecule has 0 amide bonds. The zero-order chi connectivity index (χ0) is 14.2. The Kier molecular flexibility index (Phi) is 2.63. The van der Waals surface area contributed by atoms with E-state index in [2.05, 4.69) is 27.4 Å². The third-order valence-electron chi connectivity index (χ3n) is 8.60. The maximum atomic E-state index is 4.40. The molecule has 20 heavy (non-hydrogen) atoms. The molecule has 0 radical (unpaired) electrons. The van der Waals surface area contributed by atoms with Crippen LogP contribution in [-0.4, -0.2) is 0 Å². The Morgan fingerprint density at radius 3 is 2.65 bits per heavy atom. The van der Waals surface area contributed by atoms with Gasteiger partial charge in [-0.1, -0.05) is 39.3 Å². The first-order valence-electron chi connectivity index (χ1n) is 9.07. The molecule has 0 aromatic rings. The molecule has 1 spiro atoms. The van der Waals surface area contributed by atoms with Gasteiger partial charge in [0.25, 0.3) is 0 Å². The van der Waals surface area contributed by atoms with Gasteiger partial charge < -0.3 is 0 Å². The molecule has 0 aliphatic heterocycles. The zero-order valence-corrected chi connectivity index (χ0v) is 13.8. The van der Waals surface area contributed by atoms with E-state index >= 15 is 0 Å². The van der Waals surface area contributed by atoms with E-state index in [9.17, 15) is 0 Å². The quantitative estimate of drug-likeness (QED) is 0.476. The second-order valence-corrected chi connectivity index (χ2v) is 9.54. The van der Waals surface area contributed by atoms with Crippen LogP contribution in [0.25, 0.3) is 0 Å². The Bertz CT molecular complexity index is 445. The van der Waals surface area contributed by atoms with Crippen molar-refractivity contribution < 1.29 is 0 Å². The average molecular weight is 272 g/mol. The van der Waals surface area contributed by atoms with E-state index < -0.39 is 0 Å². The number of hydrogen-bond donors (Lipinski definition) is 0. The van der Waals surface area contributed by atoms with Crippen molar-refractivity contribution in [2.24, 2.45) is 34.0 Å². The molecule has 4 saturated carbocycles. The summed E-state index contributed by atoms with van der Waals surface area (Å²) in [4.78, 5) is 0. The van der Waals surface area contributed by atoms with Crippen LogP contribution in [0.15, 0.2) is 12.2 Å². The number of allylic oxidation sites excluding steroid dienone is 1. The molecule has 0 nitrogen and oxygen atoms in total. The predicted octanol–water partition coefficient (Wildman–Crippen LogP) is 5.98. The highest BCUT2D eigenvalue weighted by Gasteiger charge is 2.65. The zero-order valence-electron chi connectivity index (χ0n) is 13.8. The van der Waals surface area contributed by atoms with E-state index in [4.69, 9.17) is 0 Å². The molecule has 4 rings (SSSR count). The second kappa shape index (κ2) is 3.93. The highest BCUT2D eigenvalue weighted by Crippen LogP contribution is 2.74. The van der Waals surface area contributed by atoms with Crippen molar-refractivity contribution in [1.82, 2.24) is 0 Å². The highest BCUT2D eigenvalue weighted by molar-refractivity contribution is 5.22. The molecule has 0 aromatic heterocycles. The van der Waals surface area contributed by atoms with E-state index in [1.54, 1.807) is 5.57 Å². The summed E-state index contributed by atoms with van der Waals surface area (Å²) in [6.07, 6.45) is 13.3. The van der Waals surface area contributed by atoms with Gasteiger partial charge in [0.15, 0.2) is 0 Å². The van der Waals surface area contributed by atoms with Gasteiger partial charge in [-0.15, -0.1) is 0 Å². The second-order valence-electron chi connectivity index (χ2n) is 9.54. The third-order valence-corrected chi connectivity index (χ3v) is 8.60. The summed E-state index contributed by atoms with van der Waals surface area (Å²) >= 11 is 0. The number of fused-ring (bicyclic) bond motifs is 2. The lowest BCUT2D eigenvalue weighted by molar-refractivity contribution is -0.155. The monoisotopic (exact) mass is 272 g/mol. The van der Waals surface area contributed by atoms with Crippen LogP contribution >= 0.6 is 0 Å². The van der Waals surface area contributed by atoms with Gasteiger partial charge in [-0.05, 0) is 85.4 Å². The molecule has 0 unspecified atom stereocenters. The van der Waals surface area contributed by atoms with E-state index in [1.165, 1.54) is 57.8 Å². The summed E-state index contributed by atoms with van der Waals surface area (Å²) in [5, 5.41) is 0. The third kappa shape index (κ3) is 1.44. The molecule has 4 fully saturated rings. The van der Waals surface area contributed by atoms with Crippen molar-refractivity contribution in [2.75, 3.05) is 0 Å². The minimum Gasteiger partial charge on any atom is -0.0996 e. The fraction of sp³-hybridized carbons (Fsp3) is 0.900. The molecule has 112 valence electrons. The lowest BCUT2D eigenvalue weighted by Crippen LogP contribution is -2.57. The van der Waals surface area contributed by atoms with E-state index in [0.717, 1.165) is 17.8 Å². The predicted molar refractivity (Wildman–Crippen MR) is 85.5 cm³/mol. The topological polar surface area (TPSA) is 0 Å². The van der Waals surface area contributed by atoms with Crippen LogP contribution < -0.4 is 0 Å². The Labute approximate surface area is 125 Å². The Morgan fingerprint density at radius 2 is 1.85 bits per heavy atom. The minimum absolute atomic E-state index is 0.583. The van der Waals surface area contributed by atoms with Crippen molar-refractivity contribution in [3.05, 3.63) is 12.2 Å². The van der Waals surface area contributed by atoms with Gasteiger partial charge in [-0.3, -0.25) is 0 Å².